The van der Waals surface area contributed by atoms with E-state index in [1.165, 1.54) is 4.52 Å². The first-order chi connectivity index (χ1) is 15.5. The van der Waals surface area contributed by atoms with E-state index in [2.05, 4.69) is 25.2 Å². The van der Waals surface area contributed by atoms with E-state index >= 15 is 0 Å². The van der Waals surface area contributed by atoms with Crippen LogP contribution >= 0.6 is 0 Å². The van der Waals surface area contributed by atoms with Gasteiger partial charge in [-0.15, -0.1) is 5.10 Å². The van der Waals surface area contributed by atoms with Gasteiger partial charge < -0.3 is 25.4 Å². The number of likely N-dealkylation sites (N-methyl/N-ethyl adjacent to an activating group) is 1. The lowest BCUT2D eigenvalue weighted by Crippen LogP contribution is -2.57. The number of aromatic nitrogens is 3. The van der Waals surface area contributed by atoms with Crippen molar-refractivity contribution in [1.82, 2.24) is 29.7 Å². The number of ether oxygens (including phenoxy) is 2. The van der Waals surface area contributed by atoms with Crippen molar-refractivity contribution in [2.24, 2.45) is 0 Å². The number of nitrogens with one attached hydrogen (secondary N) is 1. The summed E-state index contributed by atoms with van der Waals surface area (Å²) in [7, 11) is 2.03. The average Bonchev–Trinajstić information content (AvgIpc) is 3.05. The molecule has 174 valence electrons. The SMILES string of the molecule is CN1CCC(OC2CCN(C3COC3)CC2)C(NC(=O)c2c(N)nn3cc(F)cnc23)C1. The van der Waals surface area contributed by atoms with Crippen molar-refractivity contribution in [3.05, 3.63) is 23.8 Å². The zero-order valence-electron chi connectivity index (χ0n) is 18.2. The molecule has 10 nitrogen and oxygen atoms in total. The average molecular weight is 448 g/mol. The Kier molecular flexibility index (Phi) is 5.97. The molecule has 2 unspecified atom stereocenters. The summed E-state index contributed by atoms with van der Waals surface area (Å²) in [6.45, 7) is 5.30. The molecule has 0 aliphatic carbocycles. The van der Waals surface area contributed by atoms with Crippen LogP contribution in [0.4, 0.5) is 10.2 Å². The topological polar surface area (TPSA) is 110 Å². The molecular formula is C21H30FN7O3. The second-order valence-corrected chi connectivity index (χ2v) is 9.03. The van der Waals surface area contributed by atoms with E-state index in [1.54, 1.807) is 0 Å². The molecule has 0 radical (unpaired) electrons. The smallest absolute Gasteiger partial charge is 0.259 e. The molecule has 0 saturated carbocycles. The van der Waals surface area contributed by atoms with Crippen LogP contribution in [0, 0.1) is 5.82 Å². The number of likely N-dealkylation sites (tertiary alicyclic amines) is 2. The summed E-state index contributed by atoms with van der Waals surface area (Å²) in [4.78, 5) is 21.8. The summed E-state index contributed by atoms with van der Waals surface area (Å²) in [6.07, 6.45) is 5.12. The van der Waals surface area contributed by atoms with Gasteiger partial charge in [-0.25, -0.2) is 13.9 Å². The van der Waals surface area contributed by atoms with E-state index < -0.39 is 5.82 Å². The van der Waals surface area contributed by atoms with Crippen molar-refractivity contribution < 1.29 is 18.7 Å². The fourth-order valence-electron chi connectivity index (χ4n) is 4.84. The van der Waals surface area contributed by atoms with E-state index in [9.17, 15) is 9.18 Å². The van der Waals surface area contributed by atoms with Crippen LogP contribution in [-0.2, 0) is 9.47 Å². The third kappa shape index (κ3) is 4.29. The summed E-state index contributed by atoms with van der Waals surface area (Å²) < 4.78 is 26.5. The second kappa shape index (κ2) is 8.89. The van der Waals surface area contributed by atoms with Gasteiger partial charge in [-0.3, -0.25) is 9.69 Å². The minimum absolute atomic E-state index is 0.0228. The van der Waals surface area contributed by atoms with Crippen molar-refractivity contribution in [3.8, 4) is 0 Å². The lowest BCUT2D eigenvalue weighted by molar-refractivity contribution is -0.107. The van der Waals surface area contributed by atoms with Crippen LogP contribution in [0.2, 0.25) is 0 Å². The van der Waals surface area contributed by atoms with Crippen molar-refractivity contribution in [3.63, 3.8) is 0 Å². The largest absolute Gasteiger partial charge is 0.381 e. The molecule has 3 fully saturated rings. The first-order valence-corrected chi connectivity index (χ1v) is 11.2. The van der Waals surface area contributed by atoms with Gasteiger partial charge in [0, 0.05) is 26.2 Å². The molecule has 0 bridgehead atoms. The predicted molar refractivity (Wildman–Crippen MR) is 115 cm³/mol. The van der Waals surface area contributed by atoms with Gasteiger partial charge in [0.05, 0.1) is 49.9 Å². The summed E-state index contributed by atoms with van der Waals surface area (Å²) >= 11 is 0. The highest BCUT2D eigenvalue weighted by Gasteiger charge is 2.35. The van der Waals surface area contributed by atoms with E-state index in [0.29, 0.717) is 12.6 Å². The second-order valence-electron chi connectivity index (χ2n) is 9.03. The molecule has 5 heterocycles. The first-order valence-electron chi connectivity index (χ1n) is 11.2. The van der Waals surface area contributed by atoms with Crippen LogP contribution in [0.3, 0.4) is 0 Å². The lowest BCUT2D eigenvalue weighted by atomic mass is 9.99. The number of carbonyl (C=O) groups is 1. The van der Waals surface area contributed by atoms with Gasteiger partial charge in [-0.2, -0.15) is 0 Å². The van der Waals surface area contributed by atoms with Crippen molar-refractivity contribution in [2.75, 3.05) is 52.2 Å². The first kappa shape index (κ1) is 21.5. The number of hydrogen-bond donors (Lipinski definition) is 2. The van der Waals surface area contributed by atoms with Crippen molar-refractivity contribution >= 4 is 17.4 Å². The Balaban J connectivity index is 1.25. The molecule has 2 atom stereocenters. The lowest BCUT2D eigenvalue weighted by Gasteiger charge is -2.43. The molecular weight excluding hydrogens is 417 g/mol. The number of piperidine rings is 2. The number of nitrogens with zero attached hydrogens (tertiary/aromatic N) is 5. The summed E-state index contributed by atoms with van der Waals surface area (Å²) in [5.41, 5.74) is 6.36. The van der Waals surface area contributed by atoms with Gasteiger partial charge in [0.25, 0.3) is 5.91 Å². The van der Waals surface area contributed by atoms with E-state index in [-0.39, 0.29) is 41.2 Å². The van der Waals surface area contributed by atoms with Gasteiger partial charge in [-0.1, -0.05) is 0 Å². The number of carbonyl (C=O) groups excluding carboxylic acids is 1. The Hall–Kier alpha value is -2.34. The molecule has 2 aromatic rings. The molecule has 0 aromatic carbocycles. The number of fused-ring (bicyclic) bond motifs is 1. The fraction of sp³-hybridized carbons (Fsp3) is 0.667. The van der Waals surface area contributed by atoms with Crippen LogP contribution in [0.15, 0.2) is 12.4 Å². The summed E-state index contributed by atoms with van der Waals surface area (Å²) in [5.74, 6) is -0.898. The number of amides is 1. The standard InChI is InChI=1S/C21H30FN7O3/c1-27-5-4-17(32-15-2-6-28(7-3-15)14-11-31-12-14)16(10-27)25-21(30)18-19(23)26-29-9-13(22)8-24-20(18)29/h8-9,14-17H,2-7,10-12H2,1H3,(H2,23,26)(H,25,30). The highest BCUT2D eigenvalue weighted by Crippen LogP contribution is 2.24. The van der Waals surface area contributed by atoms with Crippen LogP contribution in [-0.4, -0.2) is 101 Å². The maximum absolute atomic E-state index is 13.5. The van der Waals surface area contributed by atoms with Gasteiger partial charge in [0.2, 0.25) is 0 Å². The number of nitrogens with two attached hydrogens (primary N) is 1. The minimum atomic E-state index is -0.551. The molecule has 0 spiro atoms. The monoisotopic (exact) mass is 447 g/mol. The molecule has 3 N–H and O–H groups in total. The maximum atomic E-state index is 13.5. The number of anilines is 1. The normalized spacial score (nSPS) is 26.3. The zero-order valence-corrected chi connectivity index (χ0v) is 18.2. The van der Waals surface area contributed by atoms with Gasteiger partial charge >= 0.3 is 0 Å². The third-order valence-corrected chi connectivity index (χ3v) is 6.74. The summed E-state index contributed by atoms with van der Waals surface area (Å²) in [6, 6.07) is 0.374. The van der Waals surface area contributed by atoms with Crippen LogP contribution in [0.25, 0.3) is 5.65 Å². The quantitative estimate of drug-likeness (QED) is 0.666. The van der Waals surface area contributed by atoms with Gasteiger partial charge in [-0.05, 0) is 26.3 Å². The molecule has 5 rings (SSSR count). The highest BCUT2D eigenvalue weighted by molar-refractivity contribution is 6.04. The zero-order chi connectivity index (χ0) is 22.2. The van der Waals surface area contributed by atoms with Gasteiger partial charge in [0.1, 0.15) is 5.56 Å². The van der Waals surface area contributed by atoms with Gasteiger partial charge in [0.15, 0.2) is 17.3 Å². The third-order valence-electron chi connectivity index (χ3n) is 6.74. The number of halogens is 1. The van der Waals surface area contributed by atoms with Crippen molar-refractivity contribution in [2.45, 2.75) is 43.6 Å². The molecule has 32 heavy (non-hydrogen) atoms. The Morgan fingerprint density at radius 2 is 2.06 bits per heavy atom. The molecule has 2 aromatic heterocycles. The molecule has 3 aliphatic rings. The Bertz CT molecular complexity index is 974. The van der Waals surface area contributed by atoms with E-state index in [0.717, 1.165) is 64.5 Å². The van der Waals surface area contributed by atoms with E-state index in [4.69, 9.17) is 15.2 Å². The fourth-order valence-corrected chi connectivity index (χ4v) is 4.84. The molecule has 3 saturated heterocycles. The number of nitrogen functional groups attached to an aromatic ring is 1. The number of hydrogen-bond acceptors (Lipinski definition) is 8. The Labute approximate surface area is 185 Å². The van der Waals surface area contributed by atoms with E-state index in [1.807, 2.05) is 7.05 Å². The Morgan fingerprint density at radius 1 is 1.28 bits per heavy atom. The van der Waals surface area contributed by atoms with Crippen molar-refractivity contribution in [1.29, 1.82) is 0 Å². The molecule has 1 amide bonds. The molecule has 3 aliphatic heterocycles. The Morgan fingerprint density at radius 3 is 2.78 bits per heavy atom. The highest BCUT2D eigenvalue weighted by atomic mass is 19.1. The number of rotatable bonds is 5. The van der Waals surface area contributed by atoms with Crippen LogP contribution < -0.4 is 11.1 Å². The predicted octanol–water partition coefficient (Wildman–Crippen LogP) is 0.133. The van der Waals surface area contributed by atoms with Crippen LogP contribution in [0.1, 0.15) is 29.6 Å². The maximum Gasteiger partial charge on any atom is 0.259 e. The summed E-state index contributed by atoms with van der Waals surface area (Å²) in [5, 5.41) is 7.11. The molecule has 11 heteroatoms. The van der Waals surface area contributed by atoms with Crippen LogP contribution in [0.5, 0.6) is 0 Å². The minimum Gasteiger partial charge on any atom is -0.381 e.